The first-order valence-electron chi connectivity index (χ1n) is 9.36. The summed E-state index contributed by atoms with van der Waals surface area (Å²) in [7, 11) is 0. The fourth-order valence-corrected chi connectivity index (χ4v) is 5.47. The van der Waals surface area contributed by atoms with Crippen LogP contribution in [0, 0.1) is 0 Å². The fraction of sp³-hybridized carbons (Fsp3) is 0.348. The quantitative estimate of drug-likeness (QED) is 0.548. The Labute approximate surface area is 173 Å². The molecule has 29 heavy (non-hydrogen) atoms. The third-order valence-corrected chi connectivity index (χ3v) is 6.17. The van der Waals surface area contributed by atoms with E-state index in [1.165, 1.54) is 34.7 Å². The predicted octanol–water partition coefficient (Wildman–Crippen LogP) is 6.91. The summed E-state index contributed by atoms with van der Waals surface area (Å²) in [5.41, 5.74) is 1.74. The number of thioether (sulfide) groups is 1. The number of benzene rings is 2. The van der Waals surface area contributed by atoms with Crippen LogP contribution in [-0.2, 0) is 16.4 Å². The second-order valence-electron chi connectivity index (χ2n) is 8.58. The Hall–Kier alpha value is -2.21. The van der Waals surface area contributed by atoms with Gasteiger partial charge in [0.1, 0.15) is 0 Å². The van der Waals surface area contributed by atoms with E-state index >= 15 is 0 Å². The molecule has 0 saturated heterocycles. The van der Waals surface area contributed by atoms with E-state index in [2.05, 4.69) is 33.0 Å². The number of nitrogens with one attached hydrogen (secondary N) is 1. The Morgan fingerprint density at radius 2 is 1.72 bits per heavy atom. The largest absolute Gasteiger partial charge is 0.416 e. The van der Waals surface area contributed by atoms with Gasteiger partial charge in [-0.1, -0.05) is 39.8 Å². The lowest BCUT2D eigenvalue weighted by Gasteiger charge is -2.41. The van der Waals surface area contributed by atoms with Crippen molar-refractivity contribution in [3.63, 3.8) is 0 Å². The van der Waals surface area contributed by atoms with Crippen molar-refractivity contribution in [3.05, 3.63) is 65.2 Å². The SMILES string of the molecule is CC1(C)CC(C)(C)c2cc(NC(=O)/C=C/c3ccc(C(F)(F)F)cc3)ccc2S1. The third-order valence-electron chi connectivity index (χ3n) is 4.90. The number of carbonyl (C=O) groups excluding carboxylic acids is 1. The van der Waals surface area contributed by atoms with Crippen LogP contribution >= 0.6 is 11.8 Å². The lowest BCUT2D eigenvalue weighted by molar-refractivity contribution is -0.137. The summed E-state index contributed by atoms with van der Waals surface area (Å²) in [6.45, 7) is 8.90. The molecule has 0 atom stereocenters. The van der Waals surface area contributed by atoms with E-state index in [1.54, 1.807) is 0 Å². The smallest absolute Gasteiger partial charge is 0.323 e. The number of alkyl halides is 3. The minimum atomic E-state index is -4.37. The molecule has 0 spiro atoms. The monoisotopic (exact) mass is 419 g/mol. The summed E-state index contributed by atoms with van der Waals surface area (Å²) in [5, 5.41) is 2.84. The minimum Gasteiger partial charge on any atom is -0.323 e. The Bertz CT molecular complexity index is 944. The van der Waals surface area contributed by atoms with Crippen molar-refractivity contribution in [1.29, 1.82) is 0 Å². The van der Waals surface area contributed by atoms with Crippen molar-refractivity contribution < 1.29 is 18.0 Å². The molecule has 0 aromatic heterocycles. The van der Waals surface area contributed by atoms with Gasteiger partial charge in [0.25, 0.3) is 0 Å². The zero-order valence-corrected chi connectivity index (χ0v) is 17.7. The summed E-state index contributed by atoms with van der Waals surface area (Å²) < 4.78 is 38.0. The summed E-state index contributed by atoms with van der Waals surface area (Å²) in [4.78, 5) is 13.5. The van der Waals surface area contributed by atoms with E-state index in [9.17, 15) is 18.0 Å². The molecule has 0 bridgehead atoms. The molecular formula is C23H24F3NOS. The van der Waals surface area contributed by atoms with Crippen LogP contribution in [0.1, 0.15) is 50.8 Å². The van der Waals surface area contributed by atoms with Gasteiger partial charge in [0.05, 0.1) is 5.56 Å². The number of carbonyl (C=O) groups is 1. The van der Waals surface area contributed by atoms with Gasteiger partial charge in [-0.3, -0.25) is 4.79 Å². The standard InChI is InChI=1S/C23H24F3NOS/c1-21(2)14-22(3,4)29-19-11-10-17(13-18(19)21)27-20(28)12-7-15-5-8-16(9-6-15)23(24,25)26/h5-13H,14H2,1-4H3,(H,27,28)/b12-7+. The van der Waals surface area contributed by atoms with Gasteiger partial charge in [-0.25, -0.2) is 0 Å². The van der Waals surface area contributed by atoms with Gasteiger partial charge in [0.15, 0.2) is 0 Å². The molecule has 0 aliphatic carbocycles. The van der Waals surface area contributed by atoms with Crippen molar-refractivity contribution in [2.45, 2.75) is 55.3 Å². The highest BCUT2D eigenvalue weighted by molar-refractivity contribution is 8.00. The number of anilines is 1. The van der Waals surface area contributed by atoms with Gasteiger partial charge < -0.3 is 5.32 Å². The van der Waals surface area contributed by atoms with Crippen molar-refractivity contribution in [3.8, 4) is 0 Å². The fourth-order valence-electron chi connectivity index (χ4n) is 3.86. The number of hydrogen-bond acceptors (Lipinski definition) is 2. The second kappa shape index (κ2) is 7.56. The number of amides is 1. The van der Waals surface area contributed by atoms with E-state index in [0.717, 1.165) is 18.6 Å². The maximum atomic E-state index is 12.6. The van der Waals surface area contributed by atoms with E-state index < -0.39 is 11.7 Å². The molecule has 0 unspecified atom stereocenters. The predicted molar refractivity (Wildman–Crippen MR) is 113 cm³/mol. The maximum Gasteiger partial charge on any atom is 0.416 e. The van der Waals surface area contributed by atoms with Gasteiger partial charge in [0.2, 0.25) is 5.91 Å². The summed E-state index contributed by atoms with van der Waals surface area (Å²) >= 11 is 1.85. The number of hydrogen-bond donors (Lipinski definition) is 1. The third kappa shape index (κ3) is 5.24. The Kier molecular flexibility index (Phi) is 5.60. The van der Waals surface area contributed by atoms with Gasteiger partial charge >= 0.3 is 6.18 Å². The zero-order chi connectivity index (χ0) is 21.4. The van der Waals surface area contributed by atoms with E-state index in [1.807, 2.05) is 30.0 Å². The van der Waals surface area contributed by atoms with Crippen LogP contribution in [0.15, 0.2) is 53.4 Å². The van der Waals surface area contributed by atoms with Gasteiger partial charge in [0, 0.05) is 21.4 Å². The summed E-state index contributed by atoms with van der Waals surface area (Å²) in [5.74, 6) is -0.327. The molecular weight excluding hydrogens is 395 g/mol. The molecule has 1 N–H and O–H groups in total. The van der Waals surface area contributed by atoms with Crippen molar-refractivity contribution in [2.75, 3.05) is 5.32 Å². The first kappa shape index (κ1) is 21.5. The zero-order valence-electron chi connectivity index (χ0n) is 16.9. The number of rotatable bonds is 3. The highest BCUT2D eigenvalue weighted by atomic mass is 32.2. The maximum absolute atomic E-state index is 12.6. The van der Waals surface area contributed by atoms with Crippen molar-refractivity contribution in [1.82, 2.24) is 0 Å². The van der Waals surface area contributed by atoms with E-state index in [4.69, 9.17) is 0 Å². The summed E-state index contributed by atoms with van der Waals surface area (Å²) in [6.07, 6.45) is -0.516. The van der Waals surface area contributed by atoms with Gasteiger partial charge in [-0.15, -0.1) is 11.8 Å². The topological polar surface area (TPSA) is 29.1 Å². The van der Waals surface area contributed by atoms with Crippen LogP contribution < -0.4 is 5.32 Å². The molecule has 0 radical (unpaired) electrons. The van der Waals surface area contributed by atoms with Gasteiger partial charge in [-0.2, -0.15) is 13.2 Å². The first-order valence-corrected chi connectivity index (χ1v) is 10.2. The molecule has 1 amide bonds. The van der Waals surface area contributed by atoms with Crippen molar-refractivity contribution >= 4 is 29.4 Å². The highest BCUT2D eigenvalue weighted by Gasteiger charge is 2.38. The second-order valence-corrected chi connectivity index (χ2v) is 10.3. The Morgan fingerprint density at radius 1 is 1.07 bits per heavy atom. The highest BCUT2D eigenvalue weighted by Crippen LogP contribution is 2.51. The van der Waals surface area contributed by atoms with Gasteiger partial charge in [-0.05, 0) is 59.4 Å². The van der Waals surface area contributed by atoms with Crippen LogP contribution in [0.3, 0.4) is 0 Å². The molecule has 0 saturated carbocycles. The lowest BCUT2D eigenvalue weighted by atomic mass is 9.77. The number of fused-ring (bicyclic) bond motifs is 1. The lowest BCUT2D eigenvalue weighted by Crippen LogP contribution is -2.33. The Morgan fingerprint density at radius 3 is 2.34 bits per heavy atom. The average molecular weight is 420 g/mol. The molecule has 6 heteroatoms. The van der Waals surface area contributed by atoms with E-state index in [-0.39, 0.29) is 16.1 Å². The molecule has 3 rings (SSSR count). The van der Waals surface area contributed by atoms with Crippen LogP contribution in [0.4, 0.5) is 18.9 Å². The van der Waals surface area contributed by atoms with Crippen LogP contribution in [-0.4, -0.2) is 10.7 Å². The van der Waals surface area contributed by atoms with Crippen LogP contribution in [0.2, 0.25) is 0 Å². The molecule has 1 heterocycles. The minimum absolute atomic E-state index is 0.000882. The van der Waals surface area contributed by atoms with E-state index in [0.29, 0.717) is 11.3 Å². The Balaban J connectivity index is 1.71. The molecule has 2 aromatic rings. The molecule has 2 nitrogen and oxygen atoms in total. The average Bonchev–Trinajstić information content (AvgIpc) is 2.59. The number of halogens is 3. The molecule has 1 aliphatic heterocycles. The molecule has 154 valence electrons. The normalized spacial score (nSPS) is 17.8. The van der Waals surface area contributed by atoms with Crippen LogP contribution in [0.5, 0.6) is 0 Å². The van der Waals surface area contributed by atoms with Crippen molar-refractivity contribution in [2.24, 2.45) is 0 Å². The molecule has 0 fully saturated rings. The first-order chi connectivity index (χ1) is 13.4. The summed E-state index contributed by atoms with van der Waals surface area (Å²) in [6, 6.07) is 10.6. The molecule has 1 aliphatic rings. The molecule has 2 aromatic carbocycles. The van der Waals surface area contributed by atoms with Crippen LogP contribution in [0.25, 0.3) is 6.08 Å².